The van der Waals surface area contributed by atoms with Gasteiger partial charge in [-0.15, -0.1) is 0 Å². The van der Waals surface area contributed by atoms with Gasteiger partial charge in [0, 0.05) is 36.9 Å². The van der Waals surface area contributed by atoms with Crippen LogP contribution in [0, 0.1) is 5.92 Å². The van der Waals surface area contributed by atoms with Crippen LogP contribution in [-0.2, 0) is 23.1 Å². The average molecular weight is 438 g/mol. The molecule has 1 aromatic carbocycles. The Balaban J connectivity index is 1.56. The van der Waals surface area contributed by atoms with Crippen molar-refractivity contribution < 1.29 is 9.53 Å². The summed E-state index contributed by atoms with van der Waals surface area (Å²) in [5, 5.41) is 3.18. The van der Waals surface area contributed by atoms with Crippen molar-refractivity contribution in [1.82, 2.24) is 15.2 Å². The van der Waals surface area contributed by atoms with Crippen molar-refractivity contribution in [3.8, 4) is 5.75 Å². The van der Waals surface area contributed by atoms with Gasteiger partial charge in [0.05, 0.1) is 13.2 Å². The lowest BCUT2D eigenvalue weighted by molar-refractivity contribution is -0.132. The normalized spacial score (nSPS) is 20.6. The molecule has 174 valence electrons. The zero-order chi connectivity index (χ0) is 22.4. The van der Waals surface area contributed by atoms with E-state index in [-0.39, 0.29) is 11.3 Å². The number of hydrogen-bond donors (Lipinski definition) is 2. The number of aryl methyl sites for hydroxylation is 1. The standard InChI is InChI=1S/C27H39N3O2/c1-3-12-27(25-7-5-14-29-25,13-6-16-30-17-15-28-20-26(30)31)23-10-8-21-9-11-24(32-4-2)19-22(21)18-23/h5,7,9,11,14,19,23,28-29H,3-4,6,8,10,12-13,15-18,20H2,1-2H3. The molecule has 2 atom stereocenters. The zero-order valence-electron chi connectivity index (χ0n) is 19.8. The quantitative estimate of drug-likeness (QED) is 0.577. The van der Waals surface area contributed by atoms with Gasteiger partial charge in [-0.25, -0.2) is 0 Å². The van der Waals surface area contributed by atoms with Crippen molar-refractivity contribution in [2.45, 2.75) is 64.2 Å². The number of aromatic amines is 1. The van der Waals surface area contributed by atoms with E-state index in [1.54, 1.807) is 0 Å². The van der Waals surface area contributed by atoms with Gasteiger partial charge >= 0.3 is 0 Å². The molecule has 1 aliphatic carbocycles. The van der Waals surface area contributed by atoms with E-state index in [0.717, 1.165) is 57.5 Å². The van der Waals surface area contributed by atoms with Crippen LogP contribution in [-0.4, -0.2) is 48.6 Å². The molecule has 0 spiro atoms. The molecule has 0 saturated carbocycles. The van der Waals surface area contributed by atoms with Gasteiger partial charge in [-0.2, -0.15) is 0 Å². The summed E-state index contributed by atoms with van der Waals surface area (Å²) < 4.78 is 5.81. The number of aromatic nitrogens is 1. The lowest BCUT2D eigenvalue weighted by atomic mass is 9.61. The van der Waals surface area contributed by atoms with Crippen LogP contribution < -0.4 is 10.1 Å². The maximum absolute atomic E-state index is 12.3. The number of carbonyl (C=O) groups is 1. The highest BCUT2D eigenvalue weighted by Gasteiger charge is 2.41. The zero-order valence-corrected chi connectivity index (χ0v) is 19.8. The SMILES string of the molecule is CCCC(CCCN1CCNCC1=O)(c1ccc[nH]1)C1CCc2ccc(OCC)cc2C1. The first kappa shape index (κ1) is 22.9. The van der Waals surface area contributed by atoms with Crippen LogP contribution in [0.25, 0.3) is 0 Å². The number of nitrogens with zero attached hydrogens (tertiary/aromatic N) is 1. The molecule has 1 aliphatic heterocycles. The second kappa shape index (κ2) is 10.6. The summed E-state index contributed by atoms with van der Waals surface area (Å²) in [6.45, 7) is 8.14. The van der Waals surface area contributed by atoms with Gasteiger partial charge in [-0.3, -0.25) is 4.79 Å². The predicted molar refractivity (Wildman–Crippen MR) is 129 cm³/mol. The van der Waals surface area contributed by atoms with E-state index >= 15 is 0 Å². The number of carbonyl (C=O) groups excluding carboxylic acids is 1. The summed E-state index contributed by atoms with van der Waals surface area (Å²) in [7, 11) is 0. The van der Waals surface area contributed by atoms with Gasteiger partial charge in [-0.1, -0.05) is 19.4 Å². The van der Waals surface area contributed by atoms with Crippen LogP contribution in [0.5, 0.6) is 5.75 Å². The van der Waals surface area contributed by atoms with Crippen LogP contribution in [0.15, 0.2) is 36.5 Å². The molecule has 2 heterocycles. The van der Waals surface area contributed by atoms with Gasteiger partial charge in [0.15, 0.2) is 0 Å². The van der Waals surface area contributed by atoms with E-state index in [0.29, 0.717) is 19.1 Å². The fraction of sp³-hybridized carbons (Fsp3) is 0.593. The first-order valence-corrected chi connectivity index (χ1v) is 12.5. The highest BCUT2D eigenvalue weighted by atomic mass is 16.5. The number of H-pyrrole nitrogens is 1. The summed E-state index contributed by atoms with van der Waals surface area (Å²) in [4.78, 5) is 17.9. The molecule has 2 aromatic rings. The minimum Gasteiger partial charge on any atom is -0.494 e. The van der Waals surface area contributed by atoms with Gasteiger partial charge in [0.2, 0.25) is 5.91 Å². The first-order valence-electron chi connectivity index (χ1n) is 12.5. The lowest BCUT2D eigenvalue weighted by Crippen LogP contribution is -2.48. The molecule has 1 saturated heterocycles. The van der Waals surface area contributed by atoms with E-state index in [9.17, 15) is 4.79 Å². The lowest BCUT2D eigenvalue weighted by Gasteiger charge is -2.44. The van der Waals surface area contributed by atoms with Crippen molar-refractivity contribution in [3.05, 3.63) is 53.3 Å². The molecular weight excluding hydrogens is 398 g/mol. The Hall–Kier alpha value is -2.27. The molecule has 4 rings (SSSR count). The molecule has 5 nitrogen and oxygen atoms in total. The van der Waals surface area contributed by atoms with Crippen LogP contribution in [0.1, 0.15) is 62.8 Å². The topological polar surface area (TPSA) is 57.4 Å². The molecule has 32 heavy (non-hydrogen) atoms. The molecule has 0 bridgehead atoms. The Bertz CT molecular complexity index is 879. The van der Waals surface area contributed by atoms with Crippen LogP contribution in [0.2, 0.25) is 0 Å². The number of benzene rings is 1. The van der Waals surface area contributed by atoms with Gasteiger partial charge in [0.1, 0.15) is 5.75 Å². The Morgan fingerprint density at radius 1 is 1.19 bits per heavy atom. The largest absolute Gasteiger partial charge is 0.494 e. The Morgan fingerprint density at radius 3 is 2.84 bits per heavy atom. The van der Waals surface area contributed by atoms with E-state index < -0.39 is 0 Å². The molecule has 2 N–H and O–H groups in total. The molecular formula is C27H39N3O2. The van der Waals surface area contributed by atoms with Crippen molar-refractivity contribution in [2.75, 3.05) is 32.8 Å². The van der Waals surface area contributed by atoms with Gasteiger partial charge in [-0.05, 0) is 86.8 Å². The van der Waals surface area contributed by atoms with Crippen LogP contribution in [0.3, 0.4) is 0 Å². The van der Waals surface area contributed by atoms with Crippen molar-refractivity contribution in [2.24, 2.45) is 5.92 Å². The fourth-order valence-electron chi connectivity index (χ4n) is 6.04. The second-order valence-electron chi connectivity index (χ2n) is 9.45. The summed E-state index contributed by atoms with van der Waals surface area (Å²) >= 11 is 0. The van der Waals surface area contributed by atoms with Crippen molar-refractivity contribution in [1.29, 1.82) is 0 Å². The third kappa shape index (κ3) is 4.88. The van der Waals surface area contributed by atoms with E-state index in [1.165, 1.54) is 29.7 Å². The molecule has 1 amide bonds. The Kier molecular flexibility index (Phi) is 7.56. The highest BCUT2D eigenvalue weighted by Crippen LogP contribution is 2.46. The minimum absolute atomic E-state index is 0.120. The smallest absolute Gasteiger partial charge is 0.236 e. The number of rotatable bonds is 10. The first-order chi connectivity index (χ1) is 15.7. The predicted octanol–water partition coefficient (Wildman–Crippen LogP) is 4.47. The summed E-state index contributed by atoms with van der Waals surface area (Å²) in [6, 6.07) is 11.1. The summed E-state index contributed by atoms with van der Waals surface area (Å²) in [5.41, 5.74) is 4.43. The Morgan fingerprint density at radius 2 is 2.09 bits per heavy atom. The number of amides is 1. The number of fused-ring (bicyclic) bond motifs is 1. The average Bonchev–Trinajstić information content (AvgIpc) is 3.35. The van der Waals surface area contributed by atoms with Crippen molar-refractivity contribution >= 4 is 5.91 Å². The van der Waals surface area contributed by atoms with Crippen LogP contribution >= 0.6 is 0 Å². The molecule has 5 heteroatoms. The van der Waals surface area contributed by atoms with Gasteiger partial charge < -0.3 is 19.9 Å². The maximum atomic E-state index is 12.3. The molecule has 1 aromatic heterocycles. The fourth-order valence-corrected chi connectivity index (χ4v) is 6.04. The Labute approximate surface area is 192 Å². The summed E-state index contributed by atoms with van der Waals surface area (Å²) in [5.74, 6) is 1.82. The number of ether oxygens (including phenoxy) is 1. The van der Waals surface area contributed by atoms with Crippen molar-refractivity contribution in [3.63, 3.8) is 0 Å². The minimum atomic E-state index is 0.120. The van der Waals surface area contributed by atoms with Crippen LogP contribution in [0.4, 0.5) is 0 Å². The number of piperazine rings is 1. The maximum Gasteiger partial charge on any atom is 0.236 e. The molecule has 2 aliphatic rings. The molecule has 0 radical (unpaired) electrons. The highest BCUT2D eigenvalue weighted by molar-refractivity contribution is 5.78. The van der Waals surface area contributed by atoms with E-state index in [4.69, 9.17) is 4.74 Å². The van der Waals surface area contributed by atoms with Gasteiger partial charge in [0.25, 0.3) is 0 Å². The van der Waals surface area contributed by atoms with E-state index in [1.807, 2.05) is 11.8 Å². The number of nitrogens with one attached hydrogen (secondary N) is 2. The monoisotopic (exact) mass is 437 g/mol. The third-order valence-electron chi connectivity index (χ3n) is 7.57. The van der Waals surface area contributed by atoms with E-state index in [2.05, 4.69) is 53.8 Å². The molecule has 2 unspecified atom stereocenters. The third-order valence-corrected chi connectivity index (χ3v) is 7.57. The summed E-state index contributed by atoms with van der Waals surface area (Å²) in [6.07, 6.45) is 10.0. The number of hydrogen-bond acceptors (Lipinski definition) is 3. The molecule has 1 fully saturated rings. The second-order valence-corrected chi connectivity index (χ2v) is 9.45.